The first kappa shape index (κ1) is 10.5. The van der Waals surface area contributed by atoms with Crippen LogP contribution >= 0.6 is 11.3 Å². The average Bonchev–Trinajstić information content (AvgIpc) is 2.99. The van der Waals surface area contributed by atoms with Crippen molar-refractivity contribution in [1.82, 2.24) is 5.32 Å². The van der Waals surface area contributed by atoms with Gasteiger partial charge in [-0.2, -0.15) is 0 Å². The number of ether oxygens (including phenoxy) is 1. The molecule has 1 saturated carbocycles. The van der Waals surface area contributed by atoms with Gasteiger partial charge in [-0.1, -0.05) is 12.8 Å². The van der Waals surface area contributed by atoms with Crippen LogP contribution in [0.4, 0.5) is 0 Å². The zero-order valence-electron chi connectivity index (χ0n) is 10.1. The summed E-state index contributed by atoms with van der Waals surface area (Å²) in [4.78, 5) is 1.64. The number of nitrogens with one attached hydrogen (secondary N) is 1. The molecule has 1 aromatic rings. The van der Waals surface area contributed by atoms with Crippen molar-refractivity contribution in [2.75, 3.05) is 13.1 Å². The summed E-state index contributed by atoms with van der Waals surface area (Å²) in [5, 5.41) is 5.76. The second-order valence-corrected chi connectivity index (χ2v) is 6.61. The van der Waals surface area contributed by atoms with Crippen molar-refractivity contribution in [2.45, 2.75) is 49.7 Å². The van der Waals surface area contributed by atoms with Crippen molar-refractivity contribution < 1.29 is 4.74 Å². The highest BCUT2D eigenvalue weighted by molar-refractivity contribution is 7.10. The van der Waals surface area contributed by atoms with E-state index in [2.05, 4.69) is 16.8 Å². The van der Waals surface area contributed by atoms with Crippen LogP contribution in [0, 0.1) is 0 Å². The van der Waals surface area contributed by atoms with Crippen molar-refractivity contribution in [1.29, 1.82) is 0 Å². The van der Waals surface area contributed by atoms with Crippen LogP contribution in [-0.2, 0) is 10.3 Å². The van der Waals surface area contributed by atoms with Gasteiger partial charge in [0.1, 0.15) is 5.60 Å². The van der Waals surface area contributed by atoms with E-state index in [9.17, 15) is 0 Å². The third kappa shape index (κ3) is 1.46. The van der Waals surface area contributed by atoms with Crippen LogP contribution < -0.4 is 5.32 Å². The normalized spacial score (nSPS) is 40.2. The summed E-state index contributed by atoms with van der Waals surface area (Å²) < 4.78 is 6.57. The molecule has 0 aromatic carbocycles. The van der Waals surface area contributed by atoms with Crippen molar-refractivity contribution in [2.24, 2.45) is 0 Å². The maximum atomic E-state index is 6.57. The van der Waals surface area contributed by atoms with Gasteiger partial charge in [0, 0.05) is 17.3 Å². The molecule has 3 atom stereocenters. The Kier molecular flexibility index (Phi) is 2.36. The first-order valence-corrected chi connectivity index (χ1v) is 7.73. The summed E-state index contributed by atoms with van der Waals surface area (Å²) in [6.07, 6.45) is 6.99. The fourth-order valence-electron chi connectivity index (χ4n) is 3.88. The molecule has 1 saturated heterocycles. The zero-order chi connectivity index (χ0) is 11.3. The van der Waals surface area contributed by atoms with Gasteiger partial charge in [-0.05, 0) is 42.8 Å². The lowest BCUT2D eigenvalue weighted by Gasteiger charge is -2.44. The van der Waals surface area contributed by atoms with Crippen molar-refractivity contribution in [3.05, 3.63) is 21.9 Å². The van der Waals surface area contributed by atoms with Gasteiger partial charge in [0.15, 0.2) is 0 Å². The highest BCUT2D eigenvalue weighted by Gasteiger charge is 2.48. The van der Waals surface area contributed by atoms with Crippen LogP contribution in [0.1, 0.15) is 48.5 Å². The van der Waals surface area contributed by atoms with E-state index in [1.54, 1.807) is 4.88 Å². The molecule has 1 aliphatic carbocycles. The third-order valence-electron chi connectivity index (χ3n) is 4.72. The van der Waals surface area contributed by atoms with Gasteiger partial charge in [0.2, 0.25) is 0 Å². The second-order valence-electron chi connectivity index (χ2n) is 5.67. The van der Waals surface area contributed by atoms with E-state index < -0.39 is 0 Å². The Bertz CT molecular complexity index is 422. The Morgan fingerprint density at radius 3 is 3.18 bits per heavy atom. The first-order chi connectivity index (χ1) is 8.39. The maximum absolute atomic E-state index is 6.57. The maximum Gasteiger partial charge on any atom is 0.108 e. The Balaban J connectivity index is 1.80. The number of rotatable bonds is 0. The van der Waals surface area contributed by atoms with Crippen molar-refractivity contribution in [3.63, 3.8) is 0 Å². The third-order valence-corrected chi connectivity index (χ3v) is 5.77. The highest BCUT2D eigenvalue weighted by Crippen LogP contribution is 2.51. The molecule has 2 aliphatic heterocycles. The number of fused-ring (bicyclic) bond motifs is 4. The molecule has 3 unspecified atom stereocenters. The molecule has 3 aliphatic rings. The second kappa shape index (κ2) is 3.81. The fourth-order valence-corrected chi connectivity index (χ4v) is 5.05. The van der Waals surface area contributed by atoms with Gasteiger partial charge in [-0.25, -0.2) is 0 Å². The van der Waals surface area contributed by atoms with Crippen LogP contribution in [0.25, 0.3) is 0 Å². The number of hydrogen-bond donors (Lipinski definition) is 1. The molecule has 4 rings (SSSR count). The summed E-state index contributed by atoms with van der Waals surface area (Å²) in [5.74, 6) is 0.699. The molecule has 0 amide bonds. The van der Waals surface area contributed by atoms with Gasteiger partial charge in [-0.15, -0.1) is 11.3 Å². The van der Waals surface area contributed by atoms with Crippen LogP contribution in [-0.4, -0.2) is 19.2 Å². The summed E-state index contributed by atoms with van der Waals surface area (Å²) >= 11 is 1.96. The molecule has 3 heterocycles. The minimum absolute atomic E-state index is 0.0217. The lowest BCUT2D eigenvalue weighted by atomic mass is 9.77. The predicted octanol–water partition coefficient (Wildman–Crippen LogP) is 2.99. The molecule has 2 nitrogen and oxygen atoms in total. The molecule has 2 fully saturated rings. The minimum atomic E-state index is 0.0217. The van der Waals surface area contributed by atoms with Crippen molar-refractivity contribution >= 4 is 11.3 Å². The molecule has 1 aromatic heterocycles. The van der Waals surface area contributed by atoms with E-state index in [1.807, 2.05) is 11.3 Å². The van der Waals surface area contributed by atoms with Gasteiger partial charge < -0.3 is 10.1 Å². The summed E-state index contributed by atoms with van der Waals surface area (Å²) in [6, 6.07) is 2.32. The summed E-state index contributed by atoms with van der Waals surface area (Å²) in [5.41, 5.74) is 1.53. The van der Waals surface area contributed by atoms with Gasteiger partial charge in [0.25, 0.3) is 0 Å². The SMILES string of the molecule is c1cc2c(s1)C1CCCCC1OC21CCNC1. The van der Waals surface area contributed by atoms with E-state index in [4.69, 9.17) is 4.74 Å². The Morgan fingerprint density at radius 2 is 2.29 bits per heavy atom. The quantitative estimate of drug-likeness (QED) is 0.763. The van der Waals surface area contributed by atoms with Crippen LogP contribution in [0.5, 0.6) is 0 Å². The molecule has 3 heteroatoms. The zero-order valence-corrected chi connectivity index (χ0v) is 10.9. The van der Waals surface area contributed by atoms with E-state index in [1.165, 1.54) is 31.2 Å². The van der Waals surface area contributed by atoms with Gasteiger partial charge >= 0.3 is 0 Å². The summed E-state index contributed by atoms with van der Waals surface area (Å²) in [6.45, 7) is 2.12. The first-order valence-electron chi connectivity index (χ1n) is 6.85. The monoisotopic (exact) mass is 249 g/mol. The molecular formula is C14H19NOS. The lowest BCUT2D eigenvalue weighted by molar-refractivity contribution is -0.120. The van der Waals surface area contributed by atoms with E-state index in [0.29, 0.717) is 12.0 Å². The Labute approximate surface area is 106 Å². The van der Waals surface area contributed by atoms with Crippen molar-refractivity contribution in [3.8, 4) is 0 Å². The molecule has 92 valence electrons. The lowest BCUT2D eigenvalue weighted by Crippen LogP contribution is -2.44. The van der Waals surface area contributed by atoms with Crippen LogP contribution in [0.3, 0.4) is 0 Å². The molecule has 17 heavy (non-hydrogen) atoms. The highest BCUT2D eigenvalue weighted by atomic mass is 32.1. The predicted molar refractivity (Wildman–Crippen MR) is 69.6 cm³/mol. The number of thiophene rings is 1. The largest absolute Gasteiger partial charge is 0.365 e. The average molecular weight is 249 g/mol. The molecule has 1 N–H and O–H groups in total. The minimum Gasteiger partial charge on any atom is -0.365 e. The topological polar surface area (TPSA) is 21.3 Å². The molecule has 1 spiro atoms. The Morgan fingerprint density at radius 1 is 1.35 bits per heavy atom. The molecule has 0 radical (unpaired) electrons. The van der Waals surface area contributed by atoms with Gasteiger partial charge in [0.05, 0.1) is 6.10 Å². The summed E-state index contributed by atoms with van der Waals surface area (Å²) in [7, 11) is 0. The van der Waals surface area contributed by atoms with Crippen LogP contribution in [0.2, 0.25) is 0 Å². The molecule has 0 bridgehead atoms. The molecular weight excluding hydrogens is 230 g/mol. The Hall–Kier alpha value is -0.380. The van der Waals surface area contributed by atoms with E-state index in [0.717, 1.165) is 19.5 Å². The van der Waals surface area contributed by atoms with E-state index >= 15 is 0 Å². The van der Waals surface area contributed by atoms with Gasteiger partial charge in [-0.3, -0.25) is 0 Å². The number of hydrogen-bond acceptors (Lipinski definition) is 3. The van der Waals surface area contributed by atoms with E-state index in [-0.39, 0.29) is 5.60 Å². The standard InChI is InChI=1S/C14H19NOS/c1-2-4-12-10(3-1)13-11(5-8-17-13)14(16-12)6-7-15-9-14/h5,8,10,12,15H,1-4,6-7,9H2. The fraction of sp³-hybridized carbons (Fsp3) is 0.714. The van der Waals surface area contributed by atoms with Crippen LogP contribution in [0.15, 0.2) is 11.4 Å². The smallest absolute Gasteiger partial charge is 0.108 e.